The Kier molecular flexibility index (Phi) is 4.32. The lowest BCUT2D eigenvalue weighted by Crippen LogP contribution is -2.22. The quantitative estimate of drug-likeness (QED) is 0.919. The first-order valence-corrected chi connectivity index (χ1v) is 6.28. The maximum atomic E-state index is 13.2. The number of benzene rings is 1. The van der Waals surface area contributed by atoms with Gasteiger partial charge in [-0.1, -0.05) is 12.1 Å². The van der Waals surface area contributed by atoms with Crippen LogP contribution in [-0.4, -0.2) is 19.8 Å². The van der Waals surface area contributed by atoms with E-state index in [4.69, 9.17) is 4.74 Å². The normalized spacial score (nSPS) is 20.2. The highest BCUT2D eigenvalue weighted by atomic mass is 79.9. The van der Waals surface area contributed by atoms with E-state index in [9.17, 15) is 4.39 Å². The summed E-state index contributed by atoms with van der Waals surface area (Å²) >= 11 is 3.25. The second-order valence-electron chi connectivity index (χ2n) is 4.07. The summed E-state index contributed by atoms with van der Waals surface area (Å²) in [6.07, 6.45) is 1.12. The Balaban J connectivity index is 1.82. The summed E-state index contributed by atoms with van der Waals surface area (Å²) in [4.78, 5) is 0. The van der Waals surface area contributed by atoms with Crippen LogP contribution in [0, 0.1) is 11.7 Å². The molecule has 2 rings (SSSR count). The second kappa shape index (κ2) is 5.75. The van der Waals surface area contributed by atoms with Crippen molar-refractivity contribution < 1.29 is 9.13 Å². The van der Waals surface area contributed by atoms with Crippen LogP contribution in [0.15, 0.2) is 22.7 Å². The predicted molar refractivity (Wildman–Crippen MR) is 64.7 cm³/mol. The fraction of sp³-hybridized carbons (Fsp3) is 0.500. The molecule has 16 heavy (non-hydrogen) atoms. The third-order valence-electron chi connectivity index (χ3n) is 2.80. The number of hydrogen-bond donors (Lipinski definition) is 1. The topological polar surface area (TPSA) is 21.3 Å². The van der Waals surface area contributed by atoms with Crippen LogP contribution in [0.2, 0.25) is 0 Å². The van der Waals surface area contributed by atoms with Gasteiger partial charge in [0, 0.05) is 19.7 Å². The van der Waals surface area contributed by atoms with Gasteiger partial charge in [-0.2, -0.15) is 0 Å². The van der Waals surface area contributed by atoms with Crippen LogP contribution in [0.25, 0.3) is 0 Å². The van der Waals surface area contributed by atoms with Gasteiger partial charge >= 0.3 is 0 Å². The van der Waals surface area contributed by atoms with Crippen molar-refractivity contribution in [2.75, 3.05) is 19.8 Å². The van der Waals surface area contributed by atoms with Crippen LogP contribution in [0.5, 0.6) is 0 Å². The van der Waals surface area contributed by atoms with Crippen LogP contribution in [0.4, 0.5) is 4.39 Å². The standard InChI is InChI=1S/C12H15BrFNO/c13-12-10(2-1-3-11(12)14)7-15-6-9-4-5-16-8-9/h1-3,9,15H,4-8H2. The Hall–Kier alpha value is -0.450. The molecule has 88 valence electrons. The molecule has 1 aliphatic heterocycles. The number of halogens is 2. The van der Waals surface area contributed by atoms with Gasteiger partial charge in [-0.05, 0) is 39.9 Å². The summed E-state index contributed by atoms with van der Waals surface area (Å²) in [5.41, 5.74) is 0.957. The monoisotopic (exact) mass is 287 g/mol. The molecule has 2 nitrogen and oxygen atoms in total. The van der Waals surface area contributed by atoms with Gasteiger partial charge in [0.05, 0.1) is 11.1 Å². The van der Waals surface area contributed by atoms with Gasteiger partial charge in [0.25, 0.3) is 0 Å². The third kappa shape index (κ3) is 3.03. The molecule has 0 spiro atoms. The van der Waals surface area contributed by atoms with Gasteiger partial charge in [-0.25, -0.2) is 4.39 Å². The van der Waals surface area contributed by atoms with Crippen LogP contribution in [0.1, 0.15) is 12.0 Å². The Labute approximate surface area is 103 Å². The lowest BCUT2D eigenvalue weighted by Gasteiger charge is -2.10. The van der Waals surface area contributed by atoms with Crippen molar-refractivity contribution in [2.24, 2.45) is 5.92 Å². The molecule has 1 saturated heterocycles. The second-order valence-corrected chi connectivity index (χ2v) is 4.87. The highest BCUT2D eigenvalue weighted by Crippen LogP contribution is 2.20. The fourth-order valence-corrected chi connectivity index (χ4v) is 2.24. The molecule has 0 radical (unpaired) electrons. The Morgan fingerprint density at radius 3 is 3.12 bits per heavy atom. The van der Waals surface area contributed by atoms with Crippen molar-refractivity contribution in [1.82, 2.24) is 5.32 Å². The van der Waals surface area contributed by atoms with Gasteiger partial charge in [0.2, 0.25) is 0 Å². The zero-order chi connectivity index (χ0) is 11.4. The fourth-order valence-electron chi connectivity index (χ4n) is 1.84. The number of hydrogen-bond acceptors (Lipinski definition) is 2. The molecule has 0 saturated carbocycles. The van der Waals surface area contributed by atoms with E-state index < -0.39 is 0 Å². The molecule has 0 aliphatic carbocycles. The Morgan fingerprint density at radius 1 is 1.50 bits per heavy atom. The van der Waals surface area contributed by atoms with Crippen LogP contribution < -0.4 is 5.32 Å². The molecule has 1 aromatic carbocycles. The van der Waals surface area contributed by atoms with Crippen LogP contribution >= 0.6 is 15.9 Å². The highest BCUT2D eigenvalue weighted by Gasteiger charge is 2.15. The first-order valence-electron chi connectivity index (χ1n) is 5.48. The van der Waals surface area contributed by atoms with Gasteiger partial charge in [-0.15, -0.1) is 0 Å². The molecule has 1 unspecified atom stereocenters. The summed E-state index contributed by atoms with van der Waals surface area (Å²) in [6, 6.07) is 5.11. The van der Waals surface area contributed by atoms with Gasteiger partial charge in [-0.3, -0.25) is 0 Å². The van der Waals surface area contributed by atoms with Crippen molar-refractivity contribution in [3.8, 4) is 0 Å². The minimum atomic E-state index is -0.205. The number of rotatable bonds is 4. The molecule has 1 heterocycles. The van der Waals surface area contributed by atoms with Crippen molar-refractivity contribution in [3.63, 3.8) is 0 Å². The van der Waals surface area contributed by atoms with Gasteiger partial charge in [0.1, 0.15) is 5.82 Å². The largest absolute Gasteiger partial charge is 0.381 e. The van der Waals surface area contributed by atoms with Crippen LogP contribution in [0.3, 0.4) is 0 Å². The summed E-state index contributed by atoms with van der Waals surface area (Å²) in [5, 5.41) is 3.34. The van der Waals surface area contributed by atoms with E-state index in [2.05, 4.69) is 21.2 Å². The molecule has 1 N–H and O–H groups in total. The molecule has 0 amide bonds. The first kappa shape index (κ1) is 12.0. The predicted octanol–water partition coefficient (Wildman–Crippen LogP) is 2.71. The third-order valence-corrected chi connectivity index (χ3v) is 3.69. The number of nitrogens with one attached hydrogen (secondary N) is 1. The molecule has 1 atom stereocenters. The lowest BCUT2D eigenvalue weighted by molar-refractivity contribution is 0.185. The molecule has 1 fully saturated rings. The van der Waals surface area contributed by atoms with Crippen molar-refractivity contribution in [1.29, 1.82) is 0 Å². The van der Waals surface area contributed by atoms with E-state index in [1.54, 1.807) is 6.07 Å². The summed E-state index contributed by atoms with van der Waals surface area (Å²) in [6.45, 7) is 3.34. The van der Waals surface area contributed by atoms with E-state index in [-0.39, 0.29) is 5.82 Å². The van der Waals surface area contributed by atoms with E-state index in [0.29, 0.717) is 16.9 Å². The molecule has 0 aromatic heterocycles. The van der Waals surface area contributed by atoms with Crippen molar-refractivity contribution in [2.45, 2.75) is 13.0 Å². The minimum Gasteiger partial charge on any atom is -0.381 e. The van der Waals surface area contributed by atoms with E-state index in [1.165, 1.54) is 6.07 Å². The van der Waals surface area contributed by atoms with Gasteiger partial charge in [0.15, 0.2) is 0 Å². The lowest BCUT2D eigenvalue weighted by atomic mass is 10.1. The summed E-state index contributed by atoms with van der Waals surface area (Å²) < 4.78 is 19.1. The highest BCUT2D eigenvalue weighted by molar-refractivity contribution is 9.10. The van der Waals surface area contributed by atoms with Crippen LogP contribution in [-0.2, 0) is 11.3 Å². The average molecular weight is 288 g/mol. The van der Waals surface area contributed by atoms with Crippen molar-refractivity contribution in [3.05, 3.63) is 34.1 Å². The van der Waals surface area contributed by atoms with Crippen molar-refractivity contribution >= 4 is 15.9 Å². The molecule has 1 aliphatic rings. The maximum Gasteiger partial charge on any atom is 0.137 e. The van der Waals surface area contributed by atoms with E-state index in [0.717, 1.165) is 31.7 Å². The van der Waals surface area contributed by atoms with E-state index in [1.807, 2.05) is 6.07 Å². The molecule has 4 heteroatoms. The zero-order valence-electron chi connectivity index (χ0n) is 9.01. The summed E-state index contributed by atoms with van der Waals surface area (Å²) in [7, 11) is 0. The first-order chi connectivity index (χ1) is 7.77. The smallest absolute Gasteiger partial charge is 0.137 e. The van der Waals surface area contributed by atoms with Gasteiger partial charge < -0.3 is 10.1 Å². The number of ether oxygens (including phenoxy) is 1. The minimum absolute atomic E-state index is 0.205. The zero-order valence-corrected chi connectivity index (χ0v) is 10.6. The average Bonchev–Trinajstić information content (AvgIpc) is 2.77. The molecular formula is C12H15BrFNO. The summed E-state index contributed by atoms with van der Waals surface area (Å²) in [5.74, 6) is 0.399. The Bertz CT molecular complexity index is 353. The van der Waals surface area contributed by atoms with E-state index >= 15 is 0 Å². The molecular weight excluding hydrogens is 273 g/mol. The Morgan fingerprint density at radius 2 is 2.38 bits per heavy atom. The maximum absolute atomic E-state index is 13.2. The SMILES string of the molecule is Fc1cccc(CNCC2CCOC2)c1Br. The molecule has 1 aromatic rings. The molecule has 0 bridgehead atoms.